The molecular weight excluding hydrogens is 571 g/mol. The summed E-state index contributed by atoms with van der Waals surface area (Å²) in [4.78, 5) is 8.67. The number of hydrogen-bond acceptors (Lipinski definition) is 8. The molecule has 1 aliphatic rings. The van der Waals surface area contributed by atoms with E-state index in [1.807, 2.05) is 0 Å². The summed E-state index contributed by atoms with van der Waals surface area (Å²) in [5.41, 5.74) is 10.1. The first-order valence-corrected chi connectivity index (χ1v) is 20.5. The molecule has 1 aliphatic heterocycles. The second-order valence-electron chi connectivity index (χ2n) is 13.6. The van der Waals surface area contributed by atoms with E-state index in [4.69, 9.17) is 24.4 Å². The molecule has 2 aromatic rings. The number of nitrogen functional groups attached to an aromatic ring is 1. The first-order valence-electron chi connectivity index (χ1n) is 15.3. The van der Waals surface area contributed by atoms with Crippen LogP contribution in [0.5, 0.6) is 0 Å². The highest BCUT2D eigenvalue weighted by Crippen LogP contribution is 2.47. The summed E-state index contributed by atoms with van der Waals surface area (Å²) in [5.74, 6) is 0.499. The van der Waals surface area contributed by atoms with Gasteiger partial charge in [0, 0.05) is 10.6 Å². The second-order valence-corrected chi connectivity index (χ2v) is 25.0. The Balaban J connectivity index is 2.07. The van der Waals surface area contributed by atoms with Gasteiger partial charge < -0.3 is 19.3 Å². The van der Waals surface area contributed by atoms with Gasteiger partial charge in [-0.1, -0.05) is 83.1 Å². The summed E-state index contributed by atoms with van der Waals surface area (Å²) in [6.45, 7) is 28.2. The van der Waals surface area contributed by atoms with E-state index in [-0.39, 0.29) is 18.0 Å². The lowest BCUT2D eigenvalue weighted by molar-refractivity contribution is -0.0435. The molecule has 0 aromatic carbocycles. The van der Waals surface area contributed by atoms with Crippen LogP contribution in [0, 0.1) is 0 Å². The molecule has 3 heterocycles. The van der Waals surface area contributed by atoms with Crippen LogP contribution in [0.4, 0.5) is 5.82 Å². The summed E-state index contributed by atoms with van der Waals surface area (Å²) >= 11 is 0.459. The van der Waals surface area contributed by atoms with Crippen molar-refractivity contribution in [2.24, 2.45) is 0 Å². The molecule has 3 rings (SSSR count). The number of fused-ring (bicyclic) bond motifs is 1. The van der Waals surface area contributed by atoms with E-state index in [1.54, 1.807) is 4.68 Å². The lowest BCUT2D eigenvalue weighted by Gasteiger charge is -2.45. The van der Waals surface area contributed by atoms with Crippen LogP contribution in [0.15, 0.2) is 6.33 Å². The average Bonchev–Trinajstić information content (AvgIpc) is 3.43. The zero-order valence-corrected chi connectivity index (χ0v) is 30.1. The minimum atomic E-state index is -2.22. The molecule has 2 aromatic heterocycles. The van der Waals surface area contributed by atoms with Gasteiger partial charge in [-0.25, -0.2) is 14.6 Å². The summed E-state index contributed by atoms with van der Waals surface area (Å²) in [6, 6.07) is 0. The fourth-order valence-electron chi connectivity index (χ4n) is 7.95. The van der Waals surface area contributed by atoms with Gasteiger partial charge in [0.2, 0.25) is 8.32 Å². The molecule has 0 saturated carbocycles. The summed E-state index contributed by atoms with van der Waals surface area (Å²) in [7, 11) is -4.35. The lowest BCUT2D eigenvalue weighted by atomic mass is 10.2. The van der Waals surface area contributed by atoms with Crippen LogP contribution in [-0.4, -0.2) is 55.2 Å². The monoisotopic (exact) mass is 624 g/mol. The number of ether oxygens (including phenoxy) is 1. The molecule has 2 N–H and O–H groups in total. The molecule has 0 bridgehead atoms. The predicted molar refractivity (Wildman–Crippen MR) is 173 cm³/mol. The van der Waals surface area contributed by atoms with E-state index in [2.05, 4.69) is 93.1 Å². The van der Waals surface area contributed by atoms with Crippen molar-refractivity contribution in [3.63, 3.8) is 0 Å². The minimum absolute atomic E-state index is 0.146. The number of nitrogens with two attached hydrogens (primary N) is 1. The zero-order chi connectivity index (χ0) is 30.9. The highest BCUT2D eigenvalue weighted by atomic mass is 32.1. The molecule has 232 valence electrons. The predicted octanol–water partition coefficient (Wildman–Crippen LogP) is 7.38. The van der Waals surface area contributed by atoms with Crippen molar-refractivity contribution in [3.05, 3.63) is 12.0 Å². The molecule has 0 amide bonds. The van der Waals surface area contributed by atoms with Crippen LogP contribution >= 0.6 is 0 Å². The Labute approximate surface area is 253 Å². The van der Waals surface area contributed by atoms with Gasteiger partial charge in [-0.3, -0.25) is 0 Å². The quantitative estimate of drug-likeness (QED) is 0.171. The normalized spacial score (nSPS) is 20.7. The zero-order valence-electron chi connectivity index (χ0n) is 27.3. The van der Waals surface area contributed by atoms with Crippen molar-refractivity contribution >= 4 is 45.2 Å². The topological polar surface area (TPSA) is 114 Å². The molecule has 1 saturated heterocycles. The maximum atomic E-state index is 11.5. The molecule has 3 atom stereocenters. The molecule has 0 aliphatic carbocycles. The molecular formula is C29H54N5O4SSi2+. The van der Waals surface area contributed by atoms with Gasteiger partial charge >= 0.3 is 11.7 Å². The molecule has 0 spiro atoms. The SMILES string of the molecule is CC(C)[Si](OC[C@@H]1O[C@H](n2nc(C[S+]=O)c3c(N)ncnc32)C[C@@H]1O[Si](C(C)C)(C(C)C)C(C)C)(C(C)C)C(C)C. The molecule has 0 radical (unpaired) electrons. The third-order valence-electron chi connectivity index (χ3n) is 9.51. The Morgan fingerprint density at radius 1 is 0.927 bits per heavy atom. The van der Waals surface area contributed by atoms with Crippen molar-refractivity contribution in [2.45, 2.75) is 147 Å². The minimum Gasteiger partial charge on any atom is -0.413 e. The van der Waals surface area contributed by atoms with Crippen LogP contribution in [0.2, 0.25) is 33.2 Å². The van der Waals surface area contributed by atoms with Crippen molar-refractivity contribution in [1.29, 1.82) is 0 Å². The maximum absolute atomic E-state index is 11.5. The molecule has 12 heteroatoms. The highest BCUT2D eigenvalue weighted by Gasteiger charge is 2.52. The van der Waals surface area contributed by atoms with Crippen LogP contribution < -0.4 is 5.73 Å². The maximum Gasteiger partial charge on any atom is 0.465 e. The van der Waals surface area contributed by atoms with Crippen molar-refractivity contribution in [2.75, 3.05) is 12.3 Å². The van der Waals surface area contributed by atoms with Gasteiger partial charge in [0.25, 0.3) is 5.75 Å². The standard InChI is InChI=1S/C29H54N5O4SSi2/c1-17(2)40(18(3)4,19(5)6)36-14-25-24(38-41(20(7)8,21(9)10)22(11)12)13-26(37-25)34-29-27(23(33-34)15-39-35)28(30)31-16-32-29/h16-22,24-26H,13-15H2,1-12H3,(H2,30,31,32)/q+1/t24-,25-,26-/m0/s1. The van der Waals surface area contributed by atoms with E-state index in [9.17, 15) is 4.21 Å². The Hall–Kier alpha value is -1.32. The van der Waals surface area contributed by atoms with E-state index >= 15 is 0 Å². The molecule has 0 unspecified atom stereocenters. The number of aromatic nitrogens is 4. The largest absolute Gasteiger partial charge is 0.465 e. The smallest absolute Gasteiger partial charge is 0.413 e. The third-order valence-corrected chi connectivity index (χ3v) is 22.1. The van der Waals surface area contributed by atoms with Crippen LogP contribution in [0.3, 0.4) is 0 Å². The number of hydrogen-bond donors (Lipinski definition) is 1. The Kier molecular flexibility index (Phi) is 11.3. The summed E-state index contributed by atoms with van der Waals surface area (Å²) in [5, 5.41) is 5.42. The van der Waals surface area contributed by atoms with Gasteiger partial charge in [0.15, 0.2) is 20.2 Å². The molecule has 1 fully saturated rings. The van der Waals surface area contributed by atoms with Crippen molar-refractivity contribution < 1.29 is 17.8 Å². The first-order chi connectivity index (χ1) is 19.1. The highest BCUT2D eigenvalue weighted by molar-refractivity contribution is 7.64. The van der Waals surface area contributed by atoms with E-state index in [0.29, 0.717) is 80.5 Å². The van der Waals surface area contributed by atoms with E-state index < -0.39 is 22.9 Å². The first kappa shape index (κ1) is 34.2. The Morgan fingerprint density at radius 3 is 1.95 bits per heavy atom. The Morgan fingerprint density at radius 2 is 1.46 bits per heavy atom. The molecule has 9 nitrogen and oxygen atoms in total. The van der Waals surface area contributed by atoms with Crippen LogP contribution in [-0.2, 0) is 35.2 Å². The lowest BCUT2D eigenvalue weighted by Crippen LogP contribution is -2.53. The van der Waals surface area contributed by atoms with Gasteiger partial charge in [-0.05, 0) is 33.2 Å². The van der Waals surface area contributed by atoms with Crippen LogP contribution in [0.25, 0.3) is 11.0 Å². The van der Waals surface area contributed by atoms with Crippen molar-refractivity contribution in [1.82, 2.24) is 19.7 Å². The number of rotatable bonds is 14. The Bertz CT molecular complexity index is 1130. The number of anilines is 1. The van der Waals surface area contributed by atoms with Crippen molar-refractivity contribution in [3.8, 4) is 0 Å². The van der Waals surface area contributed by atoms with E-state index in [1.165, 1.54) is 6.33 Å². The van der Waals surface area contributed by atoms with Gasteiger partial charge in [-0.2, -0.15) is 5.10 Å². The van der Waals surface area contributed by atoms with Gasteiger partial charge in [-0.15, -0.1) is 0 Å². The second kappa shape index (κ2) is 13.5. The fraction of sp³-hybridized carbons (Fsp3) is 0.828. The summed E-state index contributed by atoms with van der Waals surface area (Å²) < 4.78 is 34.6. The van der Waals surface area contributed by atoms with E-state index in [0.717, 1.165) is 0 Å². The number of nitrogens with zero attached hydrogens (tertiary/aromatic N) is 4. The fourth-order valence-corrected chi connectivity index (χ4v) is 19.3. The van der Waals surface area contributed by atoms with Crippen LogP contribution in [0.1, 0.15) is 101 Å². The van der Waals surface area contributed by atoms with Gasteiger partial charge in [0.1, 0.15) is 23.9 Å². The molecule has 41 heavy (non-hydrogen) atoms. The van der Waals surface area contributed by atoms with Gasteiger partial charge in [0.05, 0.1) is 18.1 Å². The third kappa shape index (κ3) is 6.33. The summed E-state index contributed by atoms with van der Waals surface area (Å²) in [6.07, 6.45) is 1.26. The average molecular weight is 625 g/mol.